The van der Waals surface area contributed by atoms with E-state index < -0.39 is 0 Å². The maximum absolute atomic E-state index is 9.97. The second kappa shape index (κ2) is 5.79. The third kappa shape index (κ3) is 2.90. The molecule has 2 N–H and O–H groups in total. The third-order valence-electron chi connectivity index (χ3n) is 3.65. The first-order chi connectivity index (χ1) is 9.13. The van der Waals surface area contributed by atoms with Gasteiger partial charge in [0.15, 0.2) is 0 Å². The lowest BCUT2D eigenvalue weighted by Crippen LogP contribution is -2.11. The molecule has 0 aromatic heterocycles. The van der Waals surface area contributed by atoms with Crippen molar-refractivity contribution < 1.29 is 5.11 Å². The molecule has 0 saturated heterocycles. The minimum atomic E-state index is 0.127. The van der Waals surface area contributed by atoms with Crippen LogP contribution in [0.5, 0.6) is 5.75 Å². The SMILES string of the molecule is CCC(Nc1cccc(C)c1C)c1ccccc1O. The number of para-hydroxylation sites is 1. The molecule has 0 aliphatic heterocycles. The monoisotopic (exact) mass is 255 g/mol. The van der Waals surface area contributed by atoms with Crippen molar-refractivity contribution in [2.75, 3.05) is 5.32 Å². The Morgan fingerprint density at radius 2 is 1.79 bits per heavy atom. The highest BCUT2D eigenvalue weighted by Gasteiger charge is 2.13. The fourth-order valence-electron chi connectivity index (χ4n) is 2.28. The number of hydrogen-bond acceptors (Lipinski definition) is 2. The van der Waals surface area contributed by atoms with Gasteiger partial charge in [-0.05, 0) is 43.5 Å². The van der Waals surface area contributed by atoms with Gasteiger partial charge in [0, 0.05) is 11.3 Å². The van der Waals surface area contributed by atoms with Gasteiger partial charge in [-0.25, -0.2) is 0 Å². The molecule has 100 valence electrons. The number of hydrogen-bond donors (Lipinski definition) is 2. The van der Waals surface area contributed by atoms with Crippen molar-refractivity contribution in [3.8, 4) is 5.75 Å². The summed E-state index contributed by atoms with van der Waals surface area (Å²) in [6, 6.07) is 13.9. The van der Waals surface area contributed by atoms with Crippen LogP contribution in [0.4, 0.5) is 5.69 Å². The van der Waals surface area contributed by atoms with E-state index in [0.29, 0.717) is 5.75 Å². The van der Waals surface area contributed by atoms with Crippen molar-refractivity contribution in [2.45, 2.75) is 33.2 Å². The highest BCUT2D eigenvalue weighted by atomic mass is 16.3. The van der Waals surface area contributed by atoms with E-state index in [9.17, 15) is 5.11 Å². The van der Waals surface area contributed by atoms with Crippen molar-refractivity contribution in [1.82, 2.24) is 0 Å². The molecule has 0 radical (unpaired) electrons. The molecule has 2 nitrogen and oxygen atoms in total. The van der Waals surface area contributed by atoms with Crippen molar-refractivity contribution in [3.63, 3.8) is 0 Å². The molecule has 0 spiro atoms. The van der Waals surface area contributed by atoms with Crippen LogP contribution in [0.15, 0.2) is 42.5 Å². The molecule has 0 amide bonds. The Labute approximate surface area is 115 Å². The second-order valence-corrected chi connectivity index (χ2v) is 4.91. The summed E-state index contributed by atoms with van der Waals surface area (Å²) in [4.78, 5) is 0. The van der Waals surface area contributed by atoms with Crippen molar-refractivity contribution in [3.05, 3.63) is 59.2 Å². The molecule has 0 aliphatic carbocycles. The number of anilines is 1. The zero-order chi connectivity index (χ0) is 13.8. The molecule has 2 rings (SSSR count). The van der Waals surface area contributed by atoms with E-state index in [1.165, 1.54) is 11.1 Å². The largest absolute Gasteiger partial charge is 0.508 e. The average molecular weight is 255 g/mol. The Bertz CT molecular complexity index is 563. The summed E-state index contributed by atoms with van der Waals surface area (Å²) in [5.41, 5.74) is 4.62. The van der Waals surface area contributed by atoms with Crippen LogP contribution >= 0.6 is 0 Å². The van der Waals surface area contributed by atoms with Crippen LogP contribution in [0.3, 0.4) is 0 Å². The Morgan fingerprint density at radius 1 is 1.05 bits per heavy atom. The molecule has 2 aromatic rings. The zero-order valence-corrected chi connectivity index (χ0v) is 11.8. The van der Waals surface area contributed by atoms with E-state index in [2.05, 4.69) is 44.3 Å². The number of rotatable bonds is 4. The molecule has 2 aromatic carbocycles. The highest BCUT2D eigenvalue weighted by molar-refractivity contribution is 5.55. The molecule has 0 heterocycles. The number of phenolic OH excluding ortho intramolecular Hbond substituents is 1. The van der Waals surface area contributed by atoms with Crippen LogP contribution in [0, 0.1) is 13.8 Å². The fourth-order valence-corrected chi connectivity index (χ4v) is 2.28. The van der Waals surface area contributed by atoms with Crippen LogP contribution in [0.25, 0.3) is 0 Å². The number of benzene rings is 2. The molecule has 0 saturated carbocycles. The van der Waals surface area contributed by atoms with Crippen molar-refractivity contribution in [2.24, 2.45) is 0 Å². The van der Waals surface area contributed by atoms with Gasteiger partial charge in [-0.15, -0.1) is 0 Å². The normalized spacial score (nSPS) is 12.2. The number of nitrogens with one attached hydrogen (secondary N) is 1. The molecule has 0 aliphatic rings. The van der Waals surface area contributed by atoms with Gasteiger partial charge in [0.1, 0.15) is 5.75 Å². The minimum absolute atomic E-state index is 0.127. The Balaban J connectivity index is 2.30. The summed E-state index contributed by atoms with van der Waals surface area (Å²) >= 11 is 0. The smallest absolute Gasteiger partial charge is 0.120 e. The molecule has 0 fully saturated rings. The van der Waals surface area contributed by atoms with Gasteiger partial charge in [0.25, 0.3) is 0 Å². The highest BCUT2D eigenvalue weighted by Crippen LogP contribution is 2.30. The minimum Gasteiger partial charge on any atom is -0.508 e. The quantitative estimate of drug-likeness (QED) is 0.838. The first kappa shape index (κ1) is 13.5. The third-order valence-corrected chi connectivity index (χ3v) is 3.65. The van der Waals surface area contributed by atoms with Gasteiger partial charge < -0.3 is 10.4 Å². The summed E-state index contributed by atoms with van der Waals surface area (Å²) in [6.45, 7) is 6.35. The van der Waals surface area contributed by atoms with E-state index in [4.69, 9.17) is 0 Å². The molecule has 2 heteroatoms. The molecule has 1 atom stereocenters. The maximum Gasteiger partial charge on any atom is 0.120 e. The lowest BCUT2D eigenvalue weighted by Gasteiger charge is -2.21. The Morgan fingerprint density at radius 3 is 2.47 bits per heavy atom. The molecule has 1 unspecified atom stereocenters. The average Bonchev–Trinajstić information content (AvgIpc) is 2.41. The van der Waals surface area contributed by atoms with E-state index in [1.54, 1.807) is 6.07 Å². The van der Waals surface area contributed by atoms with Crippen LogP contribution < -0.4 is 5.32 Å². The van der Waals surface area contributed by atoms with Crippen molar-refractivity contribution >= 4 is 5.69 Å². The molecule has 0 bridgehead atoms. The first-order valence-corrected chi connectivity index (χ1v) is 6.74. The summed E-state index contributed by atoms with van der Waals surface area (Å²) in [6.07, 6.45) is 0.922. The summed E-state index contributed by atoms with van der Waals surface area (Å²) in [5, 5.41) is 13.5. The lowest BCUT2D eigenvalue weighted by atomic mass is 10.0. The predicted molar refractivity (Wildman–Crippen MR) is 80.7 cm³/mol. The Hall–Kier alpha value is -1.96. The van der Waals surface area contributed by atoms with Gasteiger partial charge in [-0.2, -0.15) is 0 Å². The van der Waals surface area contributed by atoms with E-state index in [0.717, 1.165) is 17.7 Å². The van der Waals surface area contributed by atoms with Crippen LogP contribution in [0.1, 0.15) is 36.1 Å². The topological polar surface area (TPSA) is 32.3 Å². The number of aromatic hydroxyl groups is 1. The number of phenols is 1. The van der Waals surface area contributed by atoms with Crippen LogP contribution in [-0.4, -0.2) is 5.11 Å². The Kier molecular flexibility index (Phi) is 4.10. The maximum atomic E-state index is 9.97. The molecular formula is C17H21NO. The van der Waals surface area contributed by atoms with E-state index in [1.807, 2.05) is 18.2 Å². The van der Waals surface area contributed by atoms with E-state index >= 15 is 0 Å². The van der Waals surface area contributed by atoms with Gasteiger partial charge >= 0.3 is 0 Å². The molecule has 19 heavy (non-hydrogen) atoms. The van der Waals surface area contributed by atoms with Crippen LogP contribution in [0.2, 0.25) is 0 Å². The predicted octanol–water partition coefficient (Wildman–Crippen LogP) is 4.57. The first-order valence-electron chi connectivity index (χ1n) is 6.74. The van der Waals surface area contributed by atoms with E-state index in [-0.39, 0.29) is 6.04 Å². The molecular weight excluding hydrogens is 234 g/mol. The summed E-state index contributed by atoms with van der Waals surface area (Å²) in [7, 11) is 0. The summed E-state index contributed by atoms with van der Waals surface area (Å²) < 4.78 is 0. The van der Waals surface area contributed by atoms with Gasteiger partial charge in [0.05, 0.1) is 6.04 Å². The lowest BCUT2D eigenvalue weighted by molar-refractivity contribution is 0.462. The number of aryl methyl sites for hydroxylation is 1. The van der Waals surface area contributed by atoms with Gasteiger partial charge in [0.2, 0.25) is 0 Å². The second-order valence-electron chi connectivity index (χ2n) is 4.91. The zero-order valence-electron chi connectivity index (χ0n) is 11.8. The van der Waals surface area contributed by atoms with Gasteiger partial charge in [-0.3, -0.25) is 0 Å². The van der Waals surface area contributed by atoms with Crippen molar-refractivity contribution in [1.29, 1.82) is 0 Å². The summed E-state index contributed by atoms with van der Waals surface area (Å²) in [5.74, 6) is 0.354. The standard InChI is InChI=1S/C17H21NO/c1-4-15(14-9-5-6-11-17(14)19)18-16-10-7-8-12(2)13(16)3/h5-11,15,18-19H,4H2,1-3H3. The fraction of sp³-hybridized carbons (Fsp3) is 0.294. The van der Waals surface area contributed by atoms with Gasteiger partial charge in [-0.1, -0.05) is 37.3 Å². The van der Waals surface area contributed by atoms with Crippen LogP contribution in [-0.2, 0) is 0 Å².